The lowest BCUT2D eigenvalue weighted by Crippen LogP contribution is -2.31. The van der Waals surface area contributed by atoms with Crippen molar-refractivity contribution in [2.24, 2.45) is 5.92 Å². The summed E-state index contributed by atoms with van der Waals surface area (Å²) in [4.78, 5) is 14.8. The topological polar surface area (TPSA) is 52.6 Å². The molecule has 1 aliphatic heterocycles. The minimum atomic E-state index is -0.101. The summed E-state index contributed by atoms with van der Waals surface area (Å²) in [6.07, 6.45) is 2.19. The van der Waals surface area contributed by atoms with Gasteiger partial charge in [-0.25, -0.2) is 0 Å². The third-order valence-corrected chi connectivity index (χ3v) is 5.03. The first-order valence-corrected chi connectivity index (χ1v) is 8.96. The van der Waals surface area contributed by atoms with E-state index in [4.69, 9.17) is 0 Å². The lowest BCUT2D eigenvalue weighted by Gasteiger charge is -2.16. The first-order chi connectivity index (χ1) is 12.1. The Balaban J connectivity index is 1.44. The van der Waals surface area contributed by atoms with Crippen LogP contribution in [0.25, 0.3) is 0 Å². The number of hydrogen-bond donors (Lipinski definition) is 2. The highest BCUT2D eigenvalue weighted by Crippen LogP contribution is 2.20. The molecule has 0 aromatic heterocycles. The van der Waals surface area contributed by atoms with E-state index in [1.807, 2.05) is 6.07 Å². The summed E-state index contributed by atoms with van der Waals surface area (Å²) >= 11 is 0. The van der Waals surface area contributed by atoms with E-state index in [-0.39, 0.29) is 11.7 Å². The predicted octanol–water partition coefficient (Wildman–Crippen LogP) is 3.00. The van der Waals surface area contributed by atoms with Crippen LogP contribution in [0.2, 0.25) is 0 Å². The van der Waals surface area contributed by atoms with Crippen LogP contribution < -0.4 is 5.32 Å². The van der Waals surface area contributed by atoms with Gasteiger partial charge < -0.3 is 15.3 Å². The number of hydrogen-bond acceptors (Lipinski definition) is 3. The van der Waals surface area contributed by atoms with E-state index in [1.165, 1.54) is 5.56 Å². The smallest absolute Gasteiger partial charge is 0.251 e. The maximum atomic E-state index is 12.3. The Hall–Kier alpha value is -2.33. The first-order valence-electron chi connectivity index (χ1n) is 8.96. The van der Waals surface area contributed by atoms with Gasteiger partial charge >= 0.3 is 0 Å². The monoisotopic (exact) mass is 338 g/mol. The van der Waals surface area contributed by atoms with E-state index < -0.39 is 0 Å². The second-order valence-corrected chi connectivity index (χ2v) is 6.85. The summed E-state index contributed by atoms with van der Waals surface area (Å²) in [7, 11) is 0. The number of phenols is 1. The Kier molecular flexibility index (Phi) is 5.71. The van der Waals surface area contributed by atoms with Crippen LogP contribution in [0.15, 0.2) is 48.5 Å². The highest BCUT2D eigenvalue weighted by atomic mass is 16.3. The van der Waals surface area contributed by atoms with Gasteiger partial charge in [-0.1, -0.05) is 36.4 Å². The lowest BCUT2D eigenvalue weighted by atomic mass is 10.1. The van der Waals surface area contributed by atoms with Crippen molar-refractivity contribution >= 4 is 5.91 Å². The van der Waals surface area contributed by atoms with Crippen LogP contribution >= 0.6 is 0 Å². The Bertz CT molecular complexity index is 715. The lowest BCUT2D eigenvalue weighted by molar-refractivity contribution is 0.0946. The van der Waals surface area contributed by atoms with Crippen molar-refractivity contribution in [1.82, 2.24) is 10.2 Å². The zero-order valence-electron chi connectivity index (χ0n) is 14.7. The predicted molar refractivity (Wildman–Crippen MR) is 99.9 cm³/mol. The van der Waals surface area contributed by atoms with Crippen LogP contribution in [0.5, 0.6) is 5.75 Å². The Morgan fingerprint density at radius 1 is 1.20 bits per heavy atom. The molecule has 3 rings (SSSR count). The van der Waals surface area contributed by atoms with Gasteiger partial charge in [0.05, 0.1) is 0 Å². The molecular formula is C21H26N2O2. The number of nitrogens with zero attached hydrogens (tertiary/aromatic N) is 1. The van der Waals surface area contributed by atoms with E-state index in [1.54, 1.807) is 25.1 Å². The maximum Gasteiger partial charge on any atom is 0.251 e. The quantitative estimate of drug-likeness (QED) is 0.851. The fourth-order valence-electron chi connectivity index (χ4n) is 3.42. The van der Waals surface area contributed by atoms with Crippen molar-refractivity contribution < 1.29 is 9.90 Å². The molecule has 132 valence electrons. The number of carbonyl (C=O) groups excluding carboxylic acids is 1. The van der Waals surface area contributed by atoms with E-state index in [9.17, 15) is 9.90 Å². The number of aromatic hydroxyl groups is 1. The fraction of sp³-hybridized carbons (Fsp3) is 0.381. The Labute approximate surface area is 149 Å². The second-order valence-electron chi connectivity index (χ2n) is 6.85. The molecule has 2 aromatic rings. The fourth-order valence-corrected chi connectivity index (χ4v) is 3.42. The summed E-state index contributed by atoms with van der Waals surface area (Å²) in [5.74, 6) is 0.564. The highest BCUT2D eigenvalue weighted by Gasteiger charge is 2.23. The molecule has 2 aromatic carbocycles. The molecule has 0 spiro atoms. The van der Waals surface area contributed by atoms with E-state index in [0.29, 0.717) is 23.6 Å². The summed E-state index contributed by atoms with van der Waals surface area (Å²) in [5, 5.41) is 12.8. The van der Waals surface area contributed by atoms with E-state index >= 15 is 0 Å². The third kappa shape index (κ3) is 4.60. The Morgan fingerprint density at radius 3 is 2.80 bits per heavy atom. The molecular weight excluding hydrogens is 312 g/mol. The number of amides is 1. The Morgan fingerprint density at radius 2 is 2.00 bits per heavy atom. The minimum absolute atomic E-state index is 0.101. The van der Waals surface area contributed by atoms with E-state index in [0.717, 1.165) is 32.5 Å². The van der Waals surface area contributed by atoms with Gasteiger partial charge in [0, 0.05) is 30.8 Å². The number of nitrogens with one attached hydrogen (secondary N) is 1. The normalized spacial score (nSPS) is 17.6. The van der Waals surface area contributed by atoms with Crippen molar-refractivity contribution in [3.63, 3.8) is 0 Å². The molecule has 1 atom stereocenters. The number of benzene rings is 2. The largest absolute Gasteiger partial charge is 0.508 e. The van der Waals surface area contributed by atoms with Crippen LogP contribution in [0.3, 0.4) is 0 Å². The maximum absolute atomic E-state index is 12.3. The first kappa shape index (κ1) is 17.5. The van der Waals surface area contributed by atoms with Crippen molar-refractivity contribution in [2.75, 3.05) is 26.2 Å². The zero-order chi connectivity index (χ0) is 17.6. The van der Waals surface area contributed by atoms with Crippen LogP contribution in [0, 0.1) is 12.8 Å². The number of likely N-dealkylation sites (tertiary alicyclic amines) is 1. The third-order valence-electron chi connectivity index (χ3n) is 5.03. The summed E-state index contributed by atoms with van der Waals surface area (Å²) < 4.78 is 0. The van der Waals surface area contributed by atoms with Gasteiger partial charge in [0.15, 0.2) is 0 Å². The standard InChI is InChI=1S/C21H26N2O2/c1-16-19(8-5-9-20(16)24)21(25)22-14-18-11-13-23(15-18)12-10-17-6-3-2-4-7-17/h2-9,18,24H,10-15H2,1H3,(H,22,25). The molecule has 1 aliphatic rings. The average molecular weight is 338 g/mol. The molecule has 2 N–H and O–H groups in total. The molecule has 4 heteroatoms. The van der Waals surface area contributed by atoms with E-state index in [2.05, 4.69) is 34.5 Å². The van der Waals surface area contributed by atoms with Crippen molar-refractivity contribution in [1.29, 1.82) is 0 Å². The van der Waals surface area contributed by atoms with Gasteiger partial charge in [0.25, 0.3) is 5.91 Å². The van der Waals surface area contributed by atoms with Crippen LogP contribution in [0.4, 0.5) is 0 Å². The van der Waals surface area contributed by atoms with Gasteiger partial charge in [-0.05, 0) is 49.9 Å². The van der Waals surface area contributed by atoms with Crippen molar-refractivity contribution in [2.45, 2.75) is 19.8 Å². The highest BCUT2D eigenvalue weighted by molar-refractivity contribution is 5.96. The molecule has 0 radical (unpaired) electrons. The summed E-state index contributed by atoms with van der Waals surface area (Å²) in [5.41, 5.74) is 2.56. The average Bonchev–Trinajstić information content (AvgIpc) is 3.09. The van der Waals surface area contributed by atoms with Gasteiger partial charge in [0.2, 0.25) is 0 Å². The van der Waals surface area contributed by atoms with Crippen LogP contribution in [-0.4, -0.2) is 42.1 Å². The van der Waals surface area contributed by atoms with Gasteiger partial charge in [-0.15, -0.1) is 0 Å². The second kappa shape index (κ2) is 8.17. The van der Waals surface area contributed by atoms with Gasteiger partial charge in [0.1, 0.15) is 5.75 Å². The van der Waals surface area contributed by atoms with Crippen molar-refractivity contribution in [3.05, 3.63) is 65.2 Å². The number of carbonyl (C=O) groups is 1. The van der Waals surface area contributed by atoms with Gasteiger partial charge in [-0.3, -0.25) is 4.79 Å². The molecule has 1 unspecified atom stereocenters. The summed E-state index contributed by atoms with van der Waals surface area (Å²) in [6.45, 7) is 5.66. The SMILES string of the molecule is Cc1c(O)cccc1C(=O)NCC1CCN(CCc2ccccc2)C1. The zero-order valence-corrected chi connectivity index (χ0v) is 14.7. The molecule has 0 bridgehead atoms. The molecule has 1 amide bonds. The molecule has 1 fully saturated rings. The number of rotatable bonds is 6. The summed E-state index contributed by atoms with van der Waals surface area (Å²) in [6, 6.07) is 15.6. The number of phenolic OH excluding ortho intramolecular Hbond substituents is 1. The molecule has 1 heterocycles. The van der Waals surface area contributed by atoms with Crippen LogP contribution in [0.1, 0.15) is 27.9 Å². The van der Waals surface area contributed by atoms with Crippen LogP contribution in [-0.2, 0) is 6.42 Å². The molecule has 0 saturated carbocycles. The molecule has 25 heavy (non-hydrogen) atoms. The molecule has 4 nitrogen and oxygen atoms in total. The van der Waals surface area contributed by atoms with Gasteiger partial charge in [-0.2, -0.15) is 0 Å². The molecule has 0 aliphatic carbocycles. The minimum Gasteiger partial charge on any atom is -0.508 e. The van der Waals surface area contributed by atoms with Crippen molar-refractivity contribution in [3.8, 4) is 5.75 Å². The molecule has 1 saturated heterocycles.